The third-order valence-corrected chi connectivity index (χ3v) is 3.27. The summed E-state index contributed by atoms with van der Waals surface area (Å²) in [6, 6.07) is 0. The highest BCUT2D eigenvalue weighted by molar-refractivity contribution is 5.77. The maximum atomic E-state index is 11.5. The average molecular weight is 344 g/mol. The first kappa shape index (κ1) is 18.1. The average Bonchev–Trinajstić information content (AvgIpc) is 3.12. The zero-order chi connectivity index (χ0) is 17.4. The number of nitrogens with zero attached hydrogens (tertiary/aromatic N) is 2. The quantitative estimate of drug-likeness (QED) is 0.516. The second-order valence-corrected chi connectivity index (χ2v) is 4.82. The van der Waals surface area contributed by atoms with E-state index < -0.39 is 36.6 Å². The molecule has 0 aromatic rings. The minimum atomic E-state index is -0.803. The van der Waals surface area contributed by atoms with Crippen LogP contribution in [0.3, 0.4) is 0 Å². The summed E-state index contributed by atoms with van der Waals surface area (Å²) in [7, 11) is 0. The van der Waals surface area contributed by atoms with E-state index in [0.717, 1.165) is 12.8 Å². The van der Waals surface area contributed by atoms with Gasteiger partial charge in [0.05, 0.1) is 26.4 Å². The summed E-state index contributed by atoms with van der Waals surface area (Å²) in [4.78, 5) is 30.0. The molecule has 2 heterocycles. The highest BCUT2D eigenvalue weighted by Crippen LogP contribution is 2.30. The molecule has 0 unspecified atom stereocenters. The number of hydrogen-bond acceptors (Lipinski definition) is 8. The largest absolute Gasteiger partial charge is 0.483 e. The standard InChI is InChI=1S/C14H20N2O8/c1-3-19-7-15-13(17)23-9-5-21-12-10(6-22-11(9)12)24-14(18)16-8-20-4-2/h7-12H,3-6H2,1-2H3/t9-,10+,11-,12-/m1/s1. The van der Waals surface area contributed by atoms with Crippen molar-refractivity contribution in [1.82, 2.24) is 0 Å². The third kappa shape index (κ3) is 4.90. The number of amides is 2. The first-order chi connectivity index (χ1) is 11.7. The van der Waals surface area contributed by atoms with Gasteiger partial charge in [-0.15, -0.1) is 9.98 Å². The number of hydrogen-bond donors (Lipinski definition) is 0. The fourth-order valence-corrected chi connectivity index (χ4v) is 2.26. The molecule has 2 aliphatic heterocycles. The van der Waals surface area contributed by atoms with Crippen LogP contribution in [0.5, 0.6) is 0 Å². The van der Waals surface area contributed by atoms with E-state index in [9.17, 15) is 9.59 Å². The van der Waals surface area contributed by atoms with E-state index in [4.69, 9.17) is 28.4 Å². The van der Waals surface area contributed by atoms with Crippen LogP contribution >= 0.6 is 0 Å². The lowest BCUT2D eigenvalue weighted by Gasteiger charge is -2.15. The summed E-state index contributed by atoms with van der Waals surface area (Å²) in [5.74, 6) is 0. The van der Waals surface area contributed by atoms with Crippen LogP contribution in [0.2, 0.25) is 0 Å². The van der Waals surface area contributed by atoms with Crippen molar-refractivity contribution in [2.75, 3.05) is 26.4 Å². The molecule has 2 rings (SSSR count). The van der Waals surface area contributed by atoms with Gasteiger partial charge in [-0.1, -0.05) is 0 Å². The Kier molecular flexibility index (Phi) is 6.94. The number of rotatable bonds is 6. The van der Waals surface area contributed by atoms with Gasteiger partial charge in [-0.05, 0) is 13.8 Å². The minimum Gasteiger partial charge on any atom is -0.483 e. The minimum absolute atomic E-state index is 0.126. The van der Waals surface area contributed by atoms with Gasteiger partial charge in [-0.25, -0.2) is 9.59 Å². The molecule has 2 fully saturated rings. The van der Waals surface area contributed by atoms with E-state index in [1.807, 2.05) is 0 Å². The number of aliphatic imine (C=N–C) groups is 2. The Labute approximate surface area is 138 Å². The van der Waals surface area contributed by atoms with E-state index in [1.54, 1.807) is 13.8 Å². The normalized spacial score (nSPS) is 28.9. The molecule has 0 aromatic carbocycles. The van der Waals surface area contributed by atoms with Crippen LogP contribution in [0, 0.1) is 0 Å². The molecule has 134 valence electrons. The summed E-state index contributed by atoms with van der Waals surface area (Å²) >= 11 is 0. The van der Waals surface area contributed by atoms with Crippen molar-refractivity contribution in [1.29, 1.82) is 0 Å². The summed E-state index contributed by atoms with van der Waals surface area (Å²) in [6.45, 7) is 4.58. The van der Waals surface area contributed by atoms with E-state index in [-0.39, 0.29) is 13.2 Å². The van der Waals surface area contributed by atoms with Crippen molar-refractivity contribution in [3.05, 3.63) is 0 Å². The molecule has 0 saturated carbocycles. The van der Waals surface area contributed by atoms with Gasteiger partial charge >= 0.3 is 12.2 Å². The van der Waals surface area contributed by atoms with Gasteiger partial charge in [-0.2, -0.15) is 0 Å². The van der Waals surface area contributed by atoms with Gasteiger partial charge in [0.25, 0.3) is 0 Å². The Morgan fingerprint density at radius 3 is 1.71 bits per heavy atom. The first-order valence-corrected chi connectivity index (χ1v) is 7.58. The monoisotopic (exact) mass is 344 g/mol. The van der Waals surface area contributed by atoms with Crippen molar-refractivity contribution in [3.63, 3.8) is 0 Å². The lowest BCUT2D eigenvalue weighted by atomic mass is 10.1. The Morgan fingerprint density at radius 1 is 0.917 bits per heavy atom. The predicted molar refractivity (Wildman–Crippen MR) is 80.3 cm³/mol. The Balaban J connectivity index is 1.81. The molecule has 0 aromatic heterocycles. The number of carbonyl (C=O) groups is 2. The van der Waals surface area contributed by atoms with Crippen LogP contribution in [0.1, 0.15) is 13.8 Å². The SMILES string of the molecule is CCOC=NC(=O)O[C@H]1CO[C@H]2[C@@H]1OC[C@H]2OC(=O)N=COCC. The summed E-state index contributed by atoms with van der Waals surface area (Å²) in [6.07, 6.45) is -1.87. The molecular weight excluding hydrogens is 324 g/mol. The molecule has 2 amide bonds. The molecule has 24 heavy (non-hydrogen) atoms. The lowest BCUT2D eigenvalue weighted by molar-refractivity contribution is -0.00853. The van der Waals surface area contributed by atoms with Gasteiger partial charge in [0.1, 0.15) is 12.2 Å². The number of carbonyl (C=O) groups excluding carboxylic acids is 2. The smallest absolute Gasteiger partial charge is 0.436 e. The zero-order valence-electron chi connectivity index (χ0n) is 13.5. The first-order valence-electron chi connectivity index (χ1n) is 7.58. The second-order valence-electron chi connectivity index (χ2n) is 4.82. The maximum Gasteiger partial charge on any atom is 0.436 e. The fourth-order valence-electron chi connectivity index (χ4n) is 2.26. The van der Waals surface area contributed by atoms with Gasteiger partial charge in [-0.3, -0.25) is 0 Å². The predicted octanol–water partition coefficient (Wildman–Crippen LogP) is 0.924. The highest BCUT2D eigenvalue weighted by Gasteiger charge is 2.51. The molecule has 0 spiro atoms. The van der Waals surface area contributed by atoms with Crippen molar-refractivity contribution < 1.29 is 38.0 Å². The van der Waals surface area contributed by atoms with E-state index in [1.165, 1.54) is 0 Å². The summed E-state index contributed by atoms with van der Waals surface area (Å²) < 4.78 is 31.0. The molecule has 2 saturated heterocycles. The lowest BCUT2D eigenvalue weighted by Crippen LogP contribution is -2.35. The van der Waals surface area contributed by atoms with Crippen LogP contribution in [-0.4, -0.2) is 75.8 Å². The topological polar surface area (TPSA) is 114 Å². The number of ether oxygens (including phenoxy) is 6. The molecule has 0 radical (unpaired) electrons. The van der Waals surface area contributed by atoms with Crippen LogP contribution in [-0.2, 0) is 28.4 Å². The van der Waals surface area contributed by atoms with Crippen LogP contribution in [0.15, 0.2) is 9.98 Å². The van der Waals surface area contributed by atoms with Gasteiger partial charge in [0.2, 0.25) is 0 Å². The molecule has 4 atom stereocenters. The van der Waals surface area contributed by atoms with Crippen LogP contribution in [0.4, 0.5) is 9.59 Å². The van der Waals surface area contributed by atoms with Crippen LogP contribution < -0.4 is 0 Å². The van der Waals surface area contributed by atoms with Crippen molar-refractivity contribution in [3.8, 4) is 0 Å². The Morgan fingerprint density at radius 2 is 1.33 bits per heavy atom. The molecule has 0 N–H and O–H groups in total. The van der Waals surface area contributed by atoms with E-state index in [0.29, 0.717) is 13.2 Å². The number of fused-ring (bicyclic) bond motifs is 1. The van der Waals surface area contributed by atoms with Crippen molar-refractivity contribution in [2.45, 2.75) is 38.3 Å². The Hall–Kier alpha value is -2.20. The highest BCUT2D eigenvalue weighted by atomic mass is 16.7. The van der Waals surface area contributed by atoms with E-state index in [2.05, 4.69) is 9.98 Å². The molecule has 2 aliphatic rings. The zero-order valence-corrected chi connectivity index (χ0v) is 13.5. The third-order valence-electron chi connectivity index (χ3n) is 3.27. The fraction of sp³-hybridized carbons (Fsp3) is 0.714. The van der Waals surface area contributed by atoms with E-state index >= 15 is 0 Å². The second kappa shape index (κ2) is 9.18. The maximum absolute atomic E-state index is 11.5. The van der Waals surface area contributed by atoms with Crippen LogP contribution in [0.25, 0.3) is 0 Å². The summed E-state index contributed by atoms with van der Waals surface area (Å²) in [5, 5.41) is 0. The molecule has 0 bridgehead atoms. The molecule has 10 heteroatoms. The van der Waals surface area contributed by atoms with Crippen molar-refractivity contribution >= 4 is 25.0 Å². The summed E-state index contributed by atoms with van der Waals surface area (Å²) in [5.41, 5.74) is 0. The molecule has 10 nitrogen and oxygen atoms in total. The molecule has 0 aliphatic carbocycles. The molecular formula is C14H20N2O8. The Bertz CT molecular complexity index is 451. The van der Waals surface area contributed by atoms with Crippen molar-refractivity contribution in [2.24, 2.45) is 9.98 Å². The van der Waals surface area contributed by atoms with Gasteiger partial charge in [0, 0.05) is 0 Å². The van der Waals surface area contributed by atoms with Gasteiger partial charge in [0.15, 0.2) is 25.0 Å². The van der Waals surface area contributed by atoms with Gasteiger partial charge < -0.3 is 28.4 Å².